The minimum absolute atomic E-state index is 0.138. The van der Waals surface area contributed by atoms with Gasteiger partial charge in [-0.25, -0.2) is 15.0 Å². The zero-order valence-corrected chi connectivity index (χ0v) is 17.0. The number of hydrogen-bond donors (Lipinski definition) is 2. The van der Waals surface area contributed by atoms with Crippen LogP contribution in [0.5, 0.6) is 0 Å². The van der Waals surface area contributed by atoms with Gasteiger partial charge in [-0.15, -0.1) is 0 Å². The topological polar surface area (TPSA) is 103 Å². The predicted octanol–water partition coefficient (Wildman–Crippen LogP) is 2.82. The molecule has 0 bridgehead atoms. The van der Waals surface area contributed by atoms with Gasteiger partial charge in [-0.2, -0.15) is 5.26 Å². The van der Waals surface area contributed by atoms with Gasteiger partial charge in [-0.1, -0.05) is 6.92 Å². The average molecular weight is 403 g/mol. The molecule has 3 aromatic heterocycles. The number of aromatic nitrogens is 4. The van der Waals surface area contributed by atoms with Crippen molar-refractivity contribution in [3.05, 3.63) is 36.8 Å². The molecule has 0 radical (unpaired) electrons. The number of aromatic amines is 1. The van der Waals surface area contributed by atoms with E-state index in [1.165, 1.54) is 0 Å². The molecule has 8 nitrogen and oxygen atoms in total. The van der Waals surface area contributed by atoms with Crippen LogP contribution in [-0.2, 0) is 4.74 Å². The second-order valence-corrected chi connectivity index (χ2v) is 8.51. The van der Waals surface area contributed by atoms with Gasteiger partial charge in [0.15, 0.2) is 5.65 Å². The van der Waals surface area contributed by atoms with Crippen LogP contribution in [-0.4, -0.2) is 62.7 Å². The fourth-order valence-electron chi connectivity index (χ4n) is 4.61. The SMILES string of the molecule is C[C@H]1C[C@H](Nc2ncccc2-c2cnc3[nH]ccc3n2)CN(C2(CC#N)COC2)C1. The van der Waals surface area contributed by atoms with Crippen molar-refractivity contribution < 1.29 is 4.74 Å². The summed E-state index contributed by atoms with van der Waals surface area (Å²) in [6.45, 7) is 5.41. The quantitative estimate of drug-likeness (QED) is 0.675. The van der Waals surface area contributed by atoms with Gasteiger partial charge < -0.3 is 15.0 Å². The Morgan fingerprint density at radius 3 is 3.03 bits per heavy atom. The van der Waals surface area contributed by atoms with Crippen molar-refractivity contribution in [2.75, 3.05) is 31.6 Å². The number of nitriles is 1. The van der Waals surface area contributed by atoms with Crippen LogP contribution in [0.2, 0.25) is 0 Å². The van der Waals surface area contributed by atoms with E-state index >= 15 is 0 Å². The summed E-state index contributed by atoms with van der Waals surface area (Å²) in [6, 6.07) is 8.47. The highest BCUT2D eigenvalue weighted by atomic mass is 16.5. The van der Waals surface area contributed by atoms with Gasteiger partial charge in [0.25, 0.3) is 0 Å². The molecule has 30 heavy (non-hydrogen) atoms. The third-order valence-corrected chi connectivity index (χ3v) is 6.17. The summed E-state index contributed by atoms with van der Waals surface area (Å²) < 4.78 is 5.49. The maximum Gasteiger partial charge on any atom is 0.156 e. The molecule has 2 saturated heterocycles. The lowest BCUT2D eigenvalue weighted by Gasteiger charge is -2.52. The van der Waals surface area contributed by atoms with Crippen LogP contribution in [0.1, 0.15) is 19.8 Å². The minimum atomic E-state index is -0.138. The van der Waals surface area contributed by atoms with Crippen molar-refractivity contribution in [2.24, 2.45) is 5.92 Å². The van der Waals surface area contributed by atoms with E-state index < -0.39 is 0 Å². The number of pyridine rings is 1. The number of nitrogens with zero attached hydrogens (tertiary/aromatic N) is 5. The summed E-state index contributed by atoms with van der Waals surface area (Å²) in [6.07, 6.45) is 6.99. The van der Waals surface area contributed by atoms with E-state index in [0.717, 1.165) is 47.7 Å². The van der Waals surface area contributed by atoms with Crippen LogP contribution >= 0.6 is 0 Å². The lowest BCUT2D eigenvalue weighted by atomic mass is 9.85. The molecule has 0 unspecified atom stereocenters. The molecule has 2 fully saturated rings. The molecule has 2 aliphatic rings. The Hall–Kier alpha value is -3.02. The molecule has 5 heterocycles. The van der Waals surface area contributed by atoms with Gasteiger partial charge in [-0.3, -0.25) is 4.90 Å². The molecule has 5 rings (SSSR count). The Kier molecular flexibility index (Phi) is 4.85. The van der Waals surface area contributed by atoms with Crippen molar-refractivity contribution in [1.82, 2.24) is 24.8 Å². The number of nitrogens with one attached hydrogen (secondary N) is 2. The molecule has 2 N–H and O–H groups in total. The van der Waals surface area contributed by atoms with Crippen LogP contribution < -0.4 is 5.32 Å². The number of piperidine rings is 1. The van der Waals surface area contributed by atoms with E-state index in [-0.39, 0.29) is 11.6 Å². The van der Waals surface area contributed by atoms with Crippen LogP contribution in [0.15, 0.2) is 36.8 Å². The van der Waals surface area contributed by atoms with Crippen molar-refractivity contribution in [3.63, 3.8) is 0 Å². The number of likely N-dealkylation sites (tertiary alicyclic amines) is 1. The van der Waals surface area contributed by atoms with Crippen molar-refractivity contribution in [1.29, 1.82) is 5.26 Å². The number of H-pyrrole nitrogens is 1. The highest BCUT2D eigenvalue weighted by Crippen LogP contribution is 2.34. The fraction of sp³-hybridized carbons (Fsp3) is 0.455. The van der Waals surface area contributed by atoms with E-state index in [1.54, 1.807) is 12.4 Å². The summed E-state index contributed by atoms with van der Waals surface area (Å²) in [7, 11) is 0. The summed E-state index contributed by atoms with van der Waals surface area (Å²) in [4.78, 5) is 19.4. The molecule has 0 saturated carbocycles. The highest BCUT2D eigenvalue weighted by Gasteiger charge is 2.46. The summed E-state index contributed by atoms with van der Waals surface area (Å²) in [5.74, 6) is 1.34. The van der Waals surface area contributed by atoms with Crippen molar-refractivity contribution in [2.45, 2.75) is 31.3 Å². The van der Waals surface area contributed by atoms with Crippen LogP contribution in [0.25, 0.3) is 22.4 Å². The van der Waals surface area contributed by atoms with Crippen LogP contribution in [0, 0.1) is 17.2 Å². The Morgan fingerprint density at radius 1 is 1.33 bits per heavy atom. The predicted molar refractivity (Wildman–Crippen MR) is 114 cm³/mol. The first-order chi connectivity index (χ1) is 14.7. The molecule has 2 atom stereocenters. The fourth-order valence-corrected chi connectivity index (χ4v) is 4.61. The summed E-state index contributed by atoms with van der Waals surface area (Å²) >= 11 is 0. The third-order valence-electron chi connectivity index (χ3n) is 6.17. The molecule has 0 amide bonds. The van der Waals surface area contributed by atoms with Gasteiger partial charge >= 0.3 is 0 Å². The molecule has 0 aliphatic carbocycles. The molecule has 154 valence electrons. The molecule has 0 aromatic carbocycles. The van der Waals surface area contributed by atoms with E-state index in [4.69, 9.17) is 9.72 Å². The Bertz CT molecular complexity index is 1080. The molecule has 3 aromatic rings. The monoisotopic (exact) mass is 403 g/mol. The van der Waals surface area contributed by atoms with E-state index in [1.807, 2.05) is 24.4 Å². The maximum atomic E-state index is 9.31. The summed E-state index contributed by atoms with van der Waals surface area (Å²) in [5.41, 5.74) is 3.21. The van der Waals surface area contributed by atoms with E-state index in [9.17, 15) is 5.26 Å². The first-order valence-corrected chi connectivity index (χ1v) is 10.4. The second-order valence-electron chi connectivity index (χ2n) is 8.51. The van der Waals surface area contributed by atoms with Gasteiger partial charge in [0.1, 0.15) is 11.3 Å². The zero-order valence-electron chi connectivity index (χ0n) is 17.0. The first kappa shape index (κ1) is 19.0. The average Bonchev–Trinajstić information content (AvgIpc) is 3.18. The van der Waals surface area contributed by atoms with Gasteiger partial charge in [0, 0.05) is 37.1 Å². The van der Waals surface area contributed by atoms with Gasteiger partial charge in [-0.05, 0) is 30.5 Å². The molecule has 8 heteroatoms. The smallest absolute Gasteiger partial charge is 0.156 e. The number of hydrogen-bond acceptors (Lipinski definition) is 7. The lowest BCUT2D eigenvalue weighted by molar-refractivity contribution is -0.148. The number of rotatable bonds is 5. The number of ether oxygens (including phenoxy) is 1. The van der Waals surface area contributed by atoms with Crippen LogP contribution in [0.4, 0.5) is 5.82 Å². The van der Waals surface area contributed by atoms with Crippen molar-refractivity contribution in [3.8, 4) is 17.3 Å². The Balaban J connectivity index is 1.40. The third kappa shape index (κ3) is 3.40. The lowest BCUT2D eigenvalue weighted by Crippen LogP contribution is -2.66. The van der Waals surface area contributed by atoms with E-state index in [2.05, 4.69) is 38.2 Å². The minimum Gasteiger partial charge on any atom is -0.377 e. The van der Waals surface area contributed by atoms with Crippen LogP contribution in [0.3, 0.4) is 0 Å². The van der Waals surface area contributed by atoms with E-state index in [0.29, 0.717) is 25.6 Å². The second kappa shape index (κ2) is 7.67. The van der Waals surface area contributed by atoms with Gasteiger partial charge in [0.05, 0.1) is 43.1 Å². The molecule has 0 spiro atoms. The molecular formula is C22H25N7O. The number of anilines is 1. The molecule has 2 aliphatic heterocycles. The summed E-state index contributed by atoms with van der Waals surface area (Å²) in [5, 5.41) is 13.0. The Morgan fingerprint density at radius 2 is 2.23 bits per heavy atom. The first-order valence-electron chi connectivity index (χ1n) is 10.4. The standard InChI is InChI=1S/C22H25N7O/c1-15-9-16(12-29(11-15)22(5-6-23)13-30-14-22)27-20-17(3-2-7-24-20)19-10-26-21-18(28-19)4-8-25-21/h2-4,7-8,10,15-16H,5,9,11-14H2,1H3,(H,24,27)(H,25,26)/t15-,16-/m0/s1. The van der Waals surface area contributed by atoms with Crippen molar-refractivity contribution >= 4 is 17.0 Å². The highest BCUT2D eigenvalue weighted by molar-refractivity contribution is 5.78. The largest absolute Gasteiger partial charge is 0.377 e. The normalized spacial score (nSPS) is 23.6. The molecular weight excluding hydrogens is 378 g/mol. The maximum absolute atomic E-state index is 9.31. The Labute approximate surface area is 175 Å². The zero-order chi connectivity index (χ0) is 20.6. The van der Waals surface area contributed by atoms with Gasteiger partial charge in [0.2, 0.25) is 0 Å². The number of fused-ring (bicyclic) bond motifs is 1.